The van der Waals surface area contributed by atoms with Crippen molar-refractivity contribution in [2.24, 2.45) is 0 Å². The van der Waals surface area contributed by atoms with Crippen LogP contribution in [0.25, 0.3) is 11.1 Å². The van der Waals surface area contributed by atoms with E-state index >= 15 is 0 Å². The Morgan fingerprint density at radius 3 is 2.69 bits per heavy atom. The zero-order chi connectivity index (χ0) is 27.4. The number of halogens is 3. The monoisotopic (exact) mass is 552 g/mol. The van der Waals surface area contributed by atoms with E-state index in [9.17, 15) is 27.9 Å². The first-order chi connectivity index (χ1) is 18.7. The minimum atomic E-state index is -4.60. The summed E-state index contributed by atoms with van der Waals surface area (Å²) >= 11 is 1.62. The Balaban J connectivity index is 1.23. The summed E-state index contributed by atoms with van der Waals surface area (Å²) in [6.07, 6.45) is -0.826. The van der Waals surface area contributed by atoms with Gasteiger partial charge >= 0.3 is 6.18 Å². The number of nitrogens with zero attached hydrogens (tertiary/aromatic N) is 3. The van der Waals surface area contributed by atoms with Crippen LogP contribution in [-0.4, -0.2) is 37.4 Å². The summed E-state index contributed by atoms with van der Waals surface area (Å²) in [6.45, 7) is 0.110. The minimum Gasteiger partial charge on any atom is -0.378 e. The van der Waals surface area contributed by atoms with E-state index in [0.717, 1.165) is 47.0 Å². The van der Waals surface area contributed by atoms with Gasteiger partial charge in [0.1, 0.15) is 5.82 Å². The first-order valence-corrected chi connectivity index (χ1v) is 13.3. The maximum Gasteiger partial charge on any atom is 0.416 e. The summed E-state index contributed by atoms with van der Waals surface area (Å²) in [6, 6.07) is 10.1. The Hall–Kier alpha value is -3.83. The van der Waals surface area contributed by atoms with Gasteiger partial charge in [0, 0.05) is 35.8 Å². The highest BCUT2D eigenvalue weighted by Crippen LogP contribution is 2.54. The van der Waals surface area contributed by atoms with Crippen LogP contribution in [0.1, 0.15) is 52.0 Å². The predicted octanol–water partition coefficient (Wildman–Crippen LogP) is 4.61. The van der Waals surface area contributed by atoms with Gasteiger partial charge in [-0.3, -0.25) is 14.6 Å². The van der Waals surface area contributed by atoms with Crippen LogP contribution >= 0.6 is 11.3 Å². The minimum absolute atomic E-state index is 0.0794. The molecule has 39 heavy (non-hydrogen) atoms. The third kappa shape index (κ3) is 4.65. The molecule has 6 rings (SSSR count). The van der Waals surface area contributed by atoms with Crippen molar-refractivity contribution in [3.05, 3.63) is 104 Å². The van der Waals surface area contributed by atoms with Crippen molar-refractivity contribution >= 4 is 17.2 Å². The third-order valence-electron chi connectivity index (χ3n) is 7.41. The number of carbonyl (C=O) groups is 1. The molecule has 4 heterocycles. The number of thiophene rings is 1. The number of pyridine rings is 1. The van der Waals surface area contributed by atoms with Gasteiger partial charge in [-0.2, -0.15) is 13.2 Å². The average molecular weight is 553 g/mol. The standard InChI is InChI=1S/C28H23F3N4O3S/c29-28(30,31)19-5-1-3-16(11-19)23(36)25(38)35-10-6-21-20(14-35)24(37)34-26(33-21)27(7-8-27)22-12-18(15-39-22)17-4-2-9-32-13-17/h1-5,9,11-13,15,23,36H,6-8,10,14H2,(H,33,34,37)/t23-/m1/s1. The largest absolute Gasteiger partial charge is 0.416 e. The molecule has 1 amide bonds. The van der Waals surface area contributed by atoms with Gasteiger partial charge in [-0.1, -0.05) is 18.2 Å². The Morgan fingerprint density at radius 1 is 1.15 bits per heavy atom. The smallest absolute Gasteiger partial charge is 0.378 e. The van der Waals surface area contributed by atoms with Crippen LogP contribution in [0.15, 0.2) is 65.0 Å². The number of amides is 1. The Morgan fingerprint density at radius 2 is 1.97 bits per heavy atom. The van der Waals surface area contributed by atoms with Crippen LogP contribution in [0.5, 0.6) is 0 Å². The number of hydrogen-bond donors (Lipinski definition) is 2. The third-order valence-corrected chi connectivity index (χ3v) is 8.55. The normalized spacial score (nSPS) is 17.0. The Bertz CT molecular complexity index is 1610. The van der Waals surface area contributed by atoms with Crippen molar-refractivity contribution in [1.29, 1.82) is 0 Å². The number of H-pyrrole nitrogens is 1. The maximum atomic E-state index is 13.2. The molecule has 3 aromatic heterocycles. The summed E-state index contributed by atoms with van der Waals surface area (Å²) in [5.41, 5.74) is 1.19. The quantitative estimate of drug-likeness (QED) is 0.377. The van der Waals surface area contributed by atoms with Crippen LogP contribution < -0.4 is 5.56 Å². The number of alkyl halides is 3. The first-order valence-electron chi connectivity index (χ1n) is 12.4. The summed E-state index contributed by atoms with van der Waals surface area (Å²) < 4.78 is 39.2. The molecule has 0 bridgehead atoms. The number of benzene rings is 1. The molecular formula is C28H23F3N4O3S. The van der Waals surface area contributed by atoms with Crippen molar-refractivity contribution < 1.29 is 23.1 Å². The molecule has 2 N–H and O–H groups in total. The number of aromatic nitrogens is 3. The number of hydrogen-bond acceptors (Lipinski definition) is 6. The molecule has 1 aromatic carbocycles. The summed E-state index contributed by atoms with van der Waals surface area (Å²) in [4.78, 5) is 40.5. The highest BCUT2D eigenvalue weighted by Gasteiger charge is 2.50. The van der Waals surface area contributed by atoms with E-state index in [1.54, 1.807) is 23.7 Å². The van der Waals surface area contributed by atoms with E-state index < -0.39 is 23.8 Å². The lowest BCUT2D eigenvalue weighted by Gasteiger charge is -2.30. The second-order valence-corrected chi connectivity index (χ2v) is 10.8. The van der Waals surface area contributed by atoms with Crippen LogP contribution in [0.2, 0.25) is 0 Å². The number of aromatic amines is 1. The number of aliphatic hydroxyl groups is 1. The van der Waals surface area contributed by atoms with Gasteiger partial charge in [0.2, 0.25) is 0 Å². The van der Waals surface area contributed by atoms with Gasteiger partial charge in [-0.05, 0) is 53.6 Å². The number of carbonyl (C=O) groups excluding carboxylic acids is 1. The predicted molar refractivity (Wildman–Crippen MR) is 138 cm³/mol. The highest BCUT2D eigenvalue weighted by molar-refractivity contribution is 7.10. The van der Waals surface area contributed by atoms with Crippen molar-refractivity contribution in [3.63, 3.8) is 0 Å². The van der Waals surface area contributed by atoms with E-state index in [2.05, 4.69) is 21.4 Å². The van der Waals surface area contributed by atoms with E-state index in [1.807, 2.05) is 12.1 Å². The van der Waals surface area contributed by atoms with Crippen LogP contribution in [0, 0.1) is 0 Å². The number of rotatable bonds is 5. The van der Waals surface area contributed by atoms with Gasteiger partial charge in [0.15, 0.2) is 6.10 Å². The Labute approximate surface area is 225 Å². The SMILES string of the molecule is O=C([C@H](O)c1cccc(C(F)(F)F)c1)N1CCc2nc(C3(c4cc(-c5cccnc5)cs4)CC3)[nH]c(=O)c2C1. The van der Waals surface area contributed by atoms with Gasteiger partial charge in [0.25, 0.3) is 11.5 Å². The van der Waals surface area contributed by atoms with Crippen LogP contribution in [0.3, 0.4) is 0 Å². The number of nitrogens with one attached hydrogen (secondary N) is 1. The number of aliphatic hydroxyl groups excluding tert-OH is 1. The molecular weight excluding hydrogens is 529 g/mol. The fraction of sp³-hybridized carbons (Fsp3) is 0.286. The number of fused-ring (bicyclic) bond motifs is 1. The molecule has 1 aliphatic carbocycles. The second kappa shape index (κ2) is 9.42. The molecule has 1 atom stereocenters. The average Bonchev–Trinajstić information content (AvgIpc) is 3.61. The fourth-order valence-electron chi connectivity index (χ4n) is 5.04. The summed E-state index contributed by atoms with van der Waals surface area (Å²) in [5, 5.41) is 12.6. The molecule has 7 nitrogen and oxygen atoms in total. The molecule has 0 radical (unpaired) electrons. The van der Waals surface area contributed by atoms with E-state index in [0.29, 0.717) is 23.5 Å². The zero-order valence-electron chi connectivity index (χ0n) is 20.5. The van der Waals surface area contributed by atoms with Crippen LogP contribution in [0.4, 0.5) is 13.2 Å². The molecule has 0 saturated heterocycles. The van der Waals surface area contributed by atoms with Crippen molar-refractivity contribution in [1.82, 2.24) is 19.9 Å². The lowest BCUT2D eigenvalue weighted by Crippen LogP contribution is -2.42. The fourth-order valence-corrected chi connectivity index (χ4v) is 6.22. The molecule has 2 aliphatic rings. The van der Waals surface area contributed by atoms with Gasteiger partial charge < -0.3 is 15.0 Å². The van der Waals surface area contributed by atoms with Crippen molar-refractivity contribution in [2.75, 3.05) is 6.54 Å². The topological polar surface area (TPSA) is 99.2 Å². The maximum absolute atomic E-state index is 13.2. The second-order valence-electron chi connectivity index (χ2n) is 9.90. The molecule has 0 unspecified atom stereocenters. The van der Waals surface area contributed by atoms with Crippen molar-refractivity contribution in [2.45, 2.75) is 43.5 Å². The van der Waals surface area contributed by atoms with Gasteiger partial charge in [-0.25, -0.2) is 4.98 Å². The van der Waals surface area contributed by atoms with Gasteiger partial charge in [-0.15, -0.1) is 11.3 Å². The zero-order valence-corrected chi connectivity index (χ0v) is 21.4. The molecule has 200 valence electrons. The molecule has 1 aliphatic heterocycles. The lowest BCUT2D eigenvalue weighted by atomic mass is 9.99. The highest BCUT2D eigenvalue weighted by atomic mass is 32.1. The lowest BCUT2D eigenvalue weighted by molar-refractivity contribution is -0.142. The summed E-state index contributed by atoms with van der Waals surface area (Å²) in [5.74, 6) is -0.154. The molecule has 1 fully saturated rings. The summed E-state index contributed by atoms with van der Waals surface area (Å²) in [7, 11) is 0. The van der Waals surface area contributed by atoms with Crippen molar-refractivity contribution in [3.8, 4) is 11.1 Å². The molecule has 0 spiro atoms. The molecule has 11 heteroatoms. The first kappa shape index (κ1) is 25.4. The Kier molecular flexibility index (Phi) is 6.15. The van der Waals surface area contributed by atoms with Crippen LogP contribution in [-0.2, 0) is 29.4 Å². The molecule has 4 aromatic rings. The molecule has 1 saturated carbocycles. The van der Waals surface area contributed by atoms with E-state index in [4.69, 9.17) is 4.98 Å². The van der Waals surface area contributed by atoms with Gasteiger partial charge in [0.05, 0.1) is 28.8 Å². The van der Waals surface area contributed by atoms with E-state index in [1.165, 1.54) is 11.0 Å². The van der Waals surface area contributed by atoms with E-state index in [-0.39, 0.29) is 29.6 Å².